The molecule has 2 heterocycles. The van der Waals surface area contributed by atoms with Crippen LogP contribution in [0.3, 0.4) is 0 Å². The van der Waals surface area contributed by atoms with E-state index in [4.69, 9.17) is 0 Å². The van der Waals surface area contributed by atoms with Crippen molar-refractivity contribution in [2.45, 2.75) is 19.9 Å². The average Bonchev–Trinajstić information content (AvgIpc) is 2.92. The van der Waals surface area contributed by atoms with Crippen LogP contribution in [0.1, 0.15) is 17.4 Å². The van der Waals surface area contributed by atoms with E-state index in [9.17, 15) is 10.1 Å². The van der Waals surface area contributed by atoms with Gasteiger partial charge in [-0.05, 0) is 23.4 Å². The molecule has 0 amide bonds. The highest BCUT2D eigenvalue weighted by molar-refractivity contribution is 7.10. The minimum Gasteiger partial charge on any atom is -0.373 e. The lowest BCUT2D eigenvalue weighted by Crippen LogP contribution is -2.04. The van der Waals surface area contributed by atoms with Crippen molar-refractivity contribution in [1.29, 1.82) is 0 Å². The Kier molecular flexibility index (Phi) is 4.52. The van der Waals surface area contributed by atoms with E-state index in [1.165, 1.54) is 22.6 Å². The second-order valence-corrected chi connectivity index (χ2v) is 5.18. The number of nitro groups is 1. The summed E-state index contributed by atoms with van der Waals surface area (Å²) in [5.74, 6) is 0.975. The van der Waals surface area contributed by atoms with Crippen LogP contribution in [-0.2, 0) is 13.0 Å². The Hall–Kier alpha value is -2.15. The number of nitrogens with one attached hydrogen (secondary N) is 2. The first-order chi connectivity index (χ1) is 9.63. The molecule has 0 aliphatic rings. The summed E-state index contributed by atoms with van der Waals surface area (Å²) < 4.78 is 0. The summed E-state index contributed by atoms with van der Waals surface area (Å²) in [5, 5.41) is 18.9. The van der Waals surface area contributed by atoms with Gasteiger partial charge >= 0.3 is 0 Å². The monoisotopic (exact) mass is 292 g/mol. The molecule has 0 fully saturated rings. The lowest BCUT2D eigenvalue weighted by atomic mass is 10.2. The third-order valence-electron chi connectivity index (χ3n) is 2.93. The van der Waals surface area contributed by atoms with Gasteiger partial charge in [0.1, 0.15) is 11.6 Å². The molecule has 0 radical (unpaired) electrons. The van der Waals surface area contributed by atoms with Crippen molar-refractivity contribution in [3.05, 3.63) is 44.1 Å². The minimum absolute atomic E-state index is 0.0220. The minimum atomic E-state index is -0.420. The van der Waals surface area contributed by atoms with E-state index in [1.54, 1.807) is 18.4 Å². The van der Waals surface area contributed by atoms with Gasteiger partial charge in [-0.15, -0.1) is 11.3 Å². The Balaban J connectivity index is 2.16. The third-order valence-corrected chi connectivity index (χ3v) is 3.89. The molecular weight excluding hydrogens is 276 g/mol. The van der Waals surface area contributed by atoms with Crippen LogP contribution in [0.15, 0.2) is 23.6 Å². The summed E-state index contributed by atoms with van der Waals surface area (Å²) in [7, 11) is 1.68. The van der Waals surface area contributed by atoms with Crippen molar-refractivity contribution in [3.63, 3.8) is 0 Å². The van der Waals surface area contributed by atoms with Crippen molar-refractivity contribution < 1.29 is 4.92 Å². The first kappa shape index (κ1) is 14.3. The molecule has 106 valence electrons. The lowest BCUT2D eigenvalue weighted by molar-refractivity contribution is -0.384. The molecule has 7 heteroatoms. The van der Waals surface area contributed by atoms with Gasteiger partial charge in [0.25, 0.3) is 5.69 Å². The van der Waals surface area contributed by atoms with Crippen molar-refractivity contribution in [3.8, 4) is 0 Å². The van der Waals surface area contributed by atoms with Crippen LogP contribution in [0.25, 0.3) is 0 Å². The number of aromatic nitrogens is 1. The van der Waals surface area contributed by atoms with Crippen molar-refractivity contribution in [1.82, 2.24) is 4.98 Å². The Labute approximate surface area is 121 Å². The zero-order valence-electron chi connectivity index (χ0n) is 11.3. The summed E-state index contributed by atoms with van der Waals surface area (Å²) in [6.07, 6.45) is 0.977. The molecule has 0 spiro atoms. The Bertz CT molecular complexity index is 612. The summed E-state index contributed by atoms with van der Waals surface area (Å²) in [5.41, 5.74) is 1.32. The maximum Gasteiger partial charge on any atom is 0.276 e. The Morgan fingerprint density at radius 2 is 2.15 bits per heavy atom. The van der Waals surface area contributed by atoms with Crippen molar-refractivity contribution in [2.24, 2.45) is 0 Å². The van der Waals surface area contributed by atoms with E-state index in [0.29, 0.717) is 18.2 Å². The van der Waals surface area contributed by atoms with Gasteiger partial charge in [0.2, 0.25) is 0 Å². The molecule has 0 atom stereocenters. The van der Waals surface area contributed by atoms with Crippen molar-refractivity contribution in [2.75, 3.05) is 17.7 Å². The highest BCUT2D eigenvalue weighted by Crippen LogP contribution is 2.22. The maximum atomic E-state index is 10.9. The first-order valence-electron chi connectivity index (χ1n) is 6.27. The van der Waals surface area contributed by atoms with Gasteiger partial charge in [-0.25, -0.2) is 4.98 Å². The normalized spacial score (nSPS) is 10.3. The van der Waals surface area contributed by atoms with Gasteiger partial charge in [0.05, 0.1) is 23.6 Å². The Morgan fingerprint density at radius 3 is 2.80 bits per heavy atom. The van der Waals surface area contributed by atoms with Crippen LogP contribution in [0, 0.1) is 10.1 Å². The fourth-order valence-electron chi connectivity index (χ4n) is 1.85. The molecule has 2 aromatic rings. The molecule has 0 aliphatic carbocycles. The topological polar surface area (TPSA) is 80.1 Å². The molecule has 0 unspecified atom stereocenters. The fourth-order valence-corrected chi connectivity index (χ4v) is 2.76. The van der Waals surface area contributed by atoms with E-state index in [0.717, 1.165) is 6.42 Å². The summed E-state index contributed by atoms with van der Waals surface area (Å²) in [6.45, 7) is 2.73. The SMILES string of the molecule is CCc1ccsc1CNc1cc([N+](=O)[O-])cc(NC)n1. The fraction of sp³-hybridized carbons (Fsp3) is 0.308. The number of hydrogen-bond acceptors (Lipinski definition) is 6. The van der Waals surface area contributed by atoms with Gasteiger partial charge in [-0.2, -0.15) is 0 Å². The average molecular weight is 292 g/mol. The zero-order valence-corrected chi connectivity index (χ0v) is 12.2. The van der Waals surface area contributed by atoms with Crippen LogP contribution in [0.5, 0.6) is 0 Å². The van der Waals surface area contributed by atoms with Gasteiger partial charge in [0.15, 0.2) is 0 Å². The summed E-state index contributed by atoms with van der Waals surface area (Å²) >= 11 is 1.67. The second kappa shape index (κ2) is 6.33. The van der Waals surface area contributed by atoms with E-state index in [1.807, 2.05) is 0 Å². The van der Waals surface area contributed by atoms with Crippen LogP contribution in [0.4, 0.5) is 17.3 Å². The summed E-state index contributed by atoms with van der Waals surface area (Å²) in [6, 6.07) is 4.95. The Morgan fingerprint density at radius 1 is 1.40 bits per heavy atom. The summed E-state index contributed by atoms with van der Waals surface area (Å²) in [4.78, 5) is 16.0. The molecule has 2 rings (SSSR count). The van der Waals surface area contributed by atoms with Crippen LogP contribution >= 0.6 is 11.3 Å². The number of rotatable bonds is 6. The van der Waals surface area contributed by atoms with E-state index in [2.05, 4.69) is 34.0 Å². The smallest absolute Gasteiger partial charge is 0.276 e. The highest BCUT2D eigenvalue weighted by Gasteiger charge is 2.11. The molecule has 0 bridgehead atoms. The van der Waals surface area contributed by atoms with E-state index >= 15 is 0 Å². The quantitative estimate of drug-likeness (QED) is 0.631. The second-order valence-electron chi connectivity index (χ2n) is 4.18. The maximum absolute atomic E-state index is 10.9. The van der Waals surface area contributed by atoms with Gasteiger partial charge in [-0.3, -0.25) is 10.1 Å². The van der Waals surface area contributed by atoms with Gasteiger partial charge in [-0.1, -0.05) is 6.92 Å². The standard InChI is InChI=1S/C13H16N4O2S/c1-3-9-4-5-20-11(9)8-15-13-7-10(17(18)19)6-12(14-2)16-13/h4-7H,3,8H2,1-2H3,(H2,14,15,16). The van der Waals surface area contributed by atoms with E-state index < -0.39 is 4.92 Å². The lowest BCUT2D eigenvalue weighted by Gasteiger charge is -2.08. The third kappa shape index (κ3) is 3.24. The number of pyridine rings is 1. The number of aryl methyl sites for hydroxylation is 1. The zero-order chi connectivity index (χ0) is 14.5. The highest BCUT2D eigenvalue weighted by atomic mass is 32.1. The van der Waals surface area contributed by atoms with Crippen LogP contribution in [-0.4, -0.2) is 17.0 Å². The largest absolute Gasteiger partial charge is 0.373 e. The molecule has 0 aromatic carbocycles. The number of hydrogen-bond donors (Lipinski definition) is 2. The van der Waals surface area contributed by atoms with Crippen LogP contribution in [0.2, 0.25) is 0 Å². The number of nitrogens with zero attached hydrogens (tertiary/aromatic N) is 2. The predicted molar refractivity (Wildman–Crippen MR) is 81.5 cm³/mol. The molecule has 0 saturated carbocycles. The molecule has 2 N–H and O–H groups in total. The van der Waals surface area contributed by atoms with Gasteiger partial charge < -0.3 is 10.6 Å². The van der Waals surface area contributed by atoms with Crippen LogP contribution < -0.4 is 10.6 Å². The number of anilines is 2. The predicted octanol–water partition coefficient (Wildman–Crippen LogP) is 3.27. The van der Waals surface area contributed by atoms with Crippen molar-refractivity contribution >= 4 is 28.7 Å². The molecule has 0 aliphatic heterocycles. The molecule has 2 aromatic heterocycles. The first-order valence-corrected chi connectivity index (χ1v) is 7.15. The molecular formula is C13H16N4O2S. The number of thiophene rings is 1. The van der Waals surface area contributed by atoms with Gasteiger partial charge in [0, 0.05) is 11.9 Å². The van der Waals surface area contributed by atoms with E-state index in [-0.39, 0.29) is 5.69 Å². The molecule has 0 saturated heterocycles. The molecule has 6 nitrogen and oxygen atoms in total. The molecule has 20 heavy (non-hydrogen) atoms.